The van der Waals surface area contributed by atoms with E-state index in [1.54, 1.807) is 30.3 Å². The van der Waals surface area contributed by atoms with E-state index in [0.717, 1.165) is 0 Å². The molecule has 0 bridgehead atoms. The molecular weight excluding hydrogens is 232 g/mol. The van der Waals surface area contributed by atoms with Crippen LogP contribution in [0.4, 0.5) is 0 Å². The minimum absolute atomic E-state index is 0.328. The Morgan fingerprint density at radius 2 is 1.94 bits per heavy atom. The number of hydrogen-bond acceptors (Lipinski definition) is 4. The van der Waals surface area contributed by atoms with E-state index in [9.17, 15) is 13.2 Å². The zero-order chi connectivity index (χ0) is 12.2. The van der Waals surface area contributed by atoms with Crippen molar-refractivity contribution in [2.75, 3.05) is 0 Å². The quantitative estimate of drug-likeness (QED) is 0.782. The molecular formula is C10H12O5S. The lowest BCUT2D eigenvalue weighted by Gasteiger charge is -2.08. The van der Waals surface area contributed by atoms with E-state index in [0.29, 0.717) is 5.56 Å². The molecule has 1 aromatic rings. The molecule has 0 aromatic heterocycles. The number of aliphatic carboxylic acids is 1. The molecule has 0 aliphatic rings. The van der Waals surface area contributed by atoms with Crippen LogP contribution in [0.5, 0.6) is 0 Å². The van der Waals surface area contributed by atoms with E-state index in [1.165, 1.54) is 6.92 Å². The molecule has 1 N–H and O–H groups in total. The summed E-state index contributed by atoms with van der Waals surface area (Å²) in [5.74, 6) is -1.64. The summed E-state index contributed by atoms with van der Waals surface area (Å²) in [6, 6.07) is 8.42. The number of benzene rings is 1. The third-order valence-electron chi connectivity index (χ3n) is 1.82. The van der Waals surface area contributed by atoms with Crippen LogP contribution in [-0.4, -0.2) is 25.6 Å². The van der Waals surface area contributed by atoms with Crippen LogP contribution < -0.4 is 0 Å². The van der Waals surface area contributed by atoms with E-state index in [2.05, 4.69) is 4.18 Å². The molecule has 0 amide bonds. The van der Waals surface area contributed by atoms with Crippen LogP contribution in [-0.2, 0) is 24.8 Å². The molecule has 0 unspecified atom stereocenters. The van der Waals surface area contributed by atoms with Gasteiger partial charge in [0.2, 0.25) is 0 Å². The normalized spacial score (nSPS) is 13.3. The molecule has 0 fully saturated rings. The van der Waals surface area contributed by atoms with Gasteiger partial charge in [-0.3, -0.25) is 4.18 Å². The molecule has 0 radical (unpaired) electrons. The Morgan fingerprint density at radius 3 is 2.44 bits per heavy atom. The maximum Gasteiger partial charge on any atom is 0.334 e. The van der Waals surface area contributed by atoms with Crippen LogP contribution in [0.3, 0.4) is 0 Å². The minimum atomic E-state index is -3.86. The Morgan fingerprint density at radius 1 is 1.38 bits per heavy atom. The average Bonchev–Trinajstić information content (AvgIpc) is 2.17. The predicted octanol–water partition coefficient (Wildman–Crippen LogP) is 1.01. The summed E-state index contributed by atoms with van der Waals surface area (Å²) in [6.07, 6.45) is -1.37. The first-order valence-electron chi connectivity index (χ1n) is 4.58. The number of carbonyl (C=O) groups is 1. The van der Waals surface area contributed by atoms with Crippen molar-refractivity contribution in [3.8, 4) is 0 Å². The van der Waals surface area contributed by atoms with Gasteiger partial charge in [-0.1, -0.05) is 30.3 Å². The topological polar surface area (TPSA) is 80.7 Å². The maximum absolute atomic E-state index is 11.4. The van der Waals surface area contributed by atoms with Gasteiger partial charge in [0.15, 0.2) is 6.10 Å². The second kappa shape index (κ2) is 5.09. The lowest BCUT2D eigenvalue weighted by molar-refractivity contribution is -0.144. The molecule has 0 heterocycles. The van der Waals surface area contributed by atoms with Gasteiger partial charge in [0.25, 0.3) is 10.1 Å². The summed E-state index contributed by atoms with van der Waals surface area (Å²) in [6.45, 7) is 1.17. The van der Waals surface area contributed by atoms with Crippen LogP contribution in [0.15, 0.2) is 30.3 Å². The fourth-order valence-corrected chi connectivity index (χ4v) is 2.26. The van der Waals surface area contributed by atoms with Gasteiger partial charge in [0.1, 0.15) is 5.75 Å². The van der Waals surface area contributed by atoms with Gasteiger partial charge in [-0.15, -0.1) is 0 Å². The molecule has 0 saturated carbocycles. The van der Waals surface area contributed by atoms with Crippen LogP contribution in [0.25, 0.3) is 0 Å². The largest absolute Gasteiger partial charge is 0.479 e. The summed E-state index contributed by atoms with van der Waals surface area (Å²) in [5.41, 5.74) is 0.556. The molecule has 0 saturated heterocycles. The molecule has 5 nitrogen and oxygen atoms in total. The highest BCUT2D eigenvalue weighted by Crippen LogP contribution is 2.09. The zero-order valence-corrected chi connectivity index (χ0v) is 9.48. The number of rotatable bonds is 5. The molecule has 1 rings (SSSR count). The summed E-state index contributed by atoms with van der Waals surface area (Å²) in [4.78, 5) is 10.4. The van der Waals surface area contributed by atoms with Crippen molar-refractivity contribution in [1.29, 1.82) is 0 Å². The Kier molecular flexibility index (Phi) is 4.03. The molecule has 1 aromatic carbocycles. The summed E-state index contributed by atoms with van der Waals surface area (Å²) in [7, 11) is -3.86. The lowest BCUT2D eigenvalue weighted by Crippen LogP contribution is -2.24. The summed E-state index contributed by atoms with van der Waals surface area (Å²) >= 11 is 0. The van der Waals surface area contributed by atoms with Gasteiger partial charge in [0, 0.05) is 0 Å². The van der Waals surface area contributed by atoms with Crippen molar-refractivity contribution in [3.63, 3.8) is 0 Å². The number of carboxylic acids is 1. The van der Waals surface area contributed by atoms with Crippen molar-refractivity contribution in [1.82, 2.24) is 0 Å². The Labute approximate surface area is 93.8 Å². The molecule has 0 aliphatic carbocycles. The molecule has 6 heteroatoms. The predicted molar refractivity (Wildman–Crippen MR) is 57.2 cm³/mol. The van der Waals surface area contributed by atoms with E-state index < -0.39 is 22.2 Å². The number of hydrogen-bond donors (Lipinski definition) is 1. The highest BCUT2D eigenvalue weighted by Gasteiger charge is 2.21. The SMILES string of the molecule is C[C@H](OS(=O)(=O)Cc1ccccc1)C(=O)O. The first-order chi connectivity index (χ1) is 7.41. The van der Waals surface area contributed by atoms with Crippen LogP contribution in [0.1, 0.15) is 12.5 Å². The van der Waals surface area contributed by atoms with Crippen LogP contribution in [0, 0.1) is 0 Å². The van der Waals surface area contributed by atoms with E-state index in [-0.39, 0.29) is 5.75 Å². The highest BCUT2D eigenvalue weighted by atomic mass is 32.2. The average molecular weight is 244 g/mol. The third-order valence-corrected chi connectivity index (χ3v) is 3.09. The van der Waals surface area contributed by atoms with E-state index in [1.807, 2.05) is 0 Å². The fourth-order valence-electron chi connectivity index (χ4n) is 1.07. The van der Waals surface area contributed by atoms with E-state index >= 15 is 0 Å². The standard InChI is InChI=1S/C10H12O5S/c1-8(10(11)12)15-16(13,14)7-9-5-3-2-4-6-9/h2-6,8H,7H2,1H3,(H,11,12)/t8-/m0/s1. The first-order valence-corrected chi connectivity index (χ1v) is 6.16. The third kappa shape index (κ3) is 4.00. The van der Waals surface area contributed by atoms with Crippen molar-refractivity contribution in [2.24, 2.45) is 0 Å². The maximum atomic E-state index is 11.4. The van der Waals surface area contributed by atoms with Crippen LogP contribution >= 0.6 is 0 Å². The molecule has 88 valence electrons. The molecule has 1 atom stereocenters. The Hall–Kier alpha value is -1.40. The lowest BCUT2D eigenvalue weighted by atomic mass is 10.2. The zero-order valence-electron chi connectivity index (χ0n) is 8.66. The van der Waals surface area contributed by atoms with Crippen molar-refractivity contribution in [3.05, 3.63) is 35.9 Å². The van der Waals surface area contributed by atoms with Crippen molar-refractivity contribution in [2.45, 2.75) is 18.8 Å². The molecule has 0 aliphatic heterocycles. The first kappa shape index (κ1) is 12.7. The van der Waals surface area contributed by atoms with E-state index in [4.69, 9.17) is 5.11 Å². The smallest absolute Gasteiger partial charge is 0.334 e. The second-order valence-electron chi connectivity index (χ2n) is 3.26. The van der Waals surface area contributed by atoms with Crippen molar-refractivity contribution < 1.29 is 22.5 Å². The molecule has 16 heavy (non-hydrogen) atoms. The van der Waals surface area contributed by atoms with Gasteiger partial charge < -0.3 is 5.11 Å². The second-order valence-corrected chi connectivity index (χ2v) is 4.86. The number of carboxylic acid groups (broad SMARTS) is 1. The Balaban J connectivity index is 2.70. The van der Waals surface area contributed by atoms with Gasteiger partial charge in [-0.05, 0) is 12.5 Å². The van der Waals surface area contributed by atoms with Gasteiger partial charge in [-0.25, -0.2) is 4.79 Å². The fraction of sp³-hybridized carbons (Fsp3) is 0.300. The summed E-state index contributed by atoms with van der Waals surface area (Å²) < 4.78 is 27.3. The molecule has 0 spiro atoms. The van der Waals surface area contributed by atoms with Crippen molar-refractivity contribution >= 4 is 16.1 Å². The minimum Gasteiger partial charge on any atom is -0.479 e. The van der Waals surface area contributed by atoms with Crippen LogP contribution in [0.2, 0.25) is 0 Å². The summed E-state index contributed by atoms with van der Waals surface area (Å²) in [5, 5.41) is 8.52. The van der Waals surface area contributed by atoms with Gasteiger partial charge >= 0.3 is 5.97 Å². The highest BCUT2D eigenvalue weighted by molar-refractivity contribution is 7.85. The van der Waals surface area contributed by atoms with Gasteiger partial charge in [-0.2, -0.15) is 8.42 Å². The monoisotopic (exact) mass is 244 g/mol. The van der Waals surface area contributed by atoms with Gasteiger partial charge in [0.05, 0.1) is 0 Å². The Bertz CT molecular complexity index is 451.